The highest BCUT2D eigenvalue weighted by Gasteiger charge is 2.23. The molecule has 9 heteroatoms. The second kappa shape index (κ2) is 7.40. The van der Waals surface area contributed by atoms with Crippen LogP contribution in [0.4, 0.5) is 5.95 Å². The molecule has 122 valence electrons. The molecule has 0 radical (unpaired) electrons. The van der Waals surface area contributed by atoms with Crippen LogP contribution in [0.1, 0.15) is 18.7 Å². The lowest BCUT2D eigenvalue weighted by molar-refractivity contribution is -0.119. The van der Waals surface area contributed by atoms with E-state index in [1.54, 1.807) is 25.4 Å². The maximum absolute atomic E-state index is 12.1. The van der Waals surface area contributed by atoms with Crippen LogP contribution >= 0.6 is 11.8 Å². The van der Waals surface area contributed by atoms with Gasteiger partial charge in [0.1, 0.15) is 0 Å². The lowest BCUT2D eigenvalue weighted by atomic mass is 10.1. The number of rotatable bonds is 5. The van der Waals surface area contributed by atoms with E-state index < -0.39 is 0 Å². The summed E-state index contributed by atoms with van der Waals surface area (Å²) >= 11 is 1.24. The first-order valence-electron chi connectivity index (χ1n) is 7.45. The van der Waals surface area contributed by atoms with Crippen LogP contribution in [-0.2, 0) is 4.79 Å². The molecule has 0 saturated carbocycles. The Kier molecular flexibility index (Phi) is 5.06. The molecule has 0 spiro atoms. The highest BCUT2D eigenvalue weighted by molar-refractivity contribution is 7.99. The summed E-state index contributed by atoms with van der Waals surface area (Å²) in [6, 6.07) is 1.90. The molecule has 1 saturated heterocycles. The first kappa shape index (κ1) is 15.7. The van der Waals surface area contributed by atoms with Crippen LogP contribution in [0.5, 0.6) is 0 Å². The summed E-state index contributed by atoms with van der Waals surface area (Å²) in [4.78, 5) is 22.7. The Labute approximate surface area is 138 Å². The van der Waals surface area contributed by atoms with E-state index in [1.165, 1.54) is 11.8 Å². The minimum absolute atomic E-state index is 0.0355. The summed E-state index contributed by atoms with van der Waals surface area (Å²) in [7, 11) is 0. The van der Waals surface area contributed by atoms with E-state index in [0.717, 1.165) is 25.9 Å². The van der Waals surface area contributed by atoms with Crippen LogP contribution in [0, 0.1) is 6.92 Å². The number of aryl methyl sites for hydroxylation is 1. The molecule has 3 rings (SSSR count). The molecule has 0 aromatic carbocycles. The fourth-order valence-electron chi connectivity index (χ4n) is 2.46. The van der Waals surface area contributed by atoms with Gasteiger partial charge in [0.15, 0.2) is 0 Å². The lowest BCUT2D eigenvalue weighted by Gasteiger charge is -2.33. The Morgan fingerprint density at radius 2 is 2.26 bits per heavy atom. The van der Waals surface area contributed by atoms with Gasteiger partial charge in [-0.25, -0.2) is 9.97 Å². The molecule has 3 heterocycles. The van der Waals surface area contributed by atoms with Crippen molar-refractivity contribution in [3.8, 4) is 0 Å². The SMILES string of the molecule is Cc1nnc(SCC(=O)NC2CCCN(c3ncccn3)C2)o1. The van der Waals surface area contributed by atoms with Crippen molar-refractivity contribution in [3.63, 3.8) is 0 Å². The van der Waals surface area contributed by atoms with Crippen molar-refractivity contribution < 1.29 is 9.21 Å². The summed E-state index contributed by atoms with van der Waals surface area (Å²) < 4.78 is 5.23. The number of anilines is 1. The second-order valence-corrected chi connectivity index (χ2v) is 6.20. The van der Waals surface area contributed by atoms with Gasteiger partial charge >= 0.3 is 0 Å². The van der Waals surface area contributed by atoms with Crippen molar-refractivity contribution in [2.24, 2.45) is 0 Å². The van der Waals surface area contributed by atoms with Crippen molar-refractivity contribution >= 4 is 23.6 Å². The van der Waals surface area contributed by atoms with Gasteiger partial charge in [0.05, 0.1) is 5.75 Å². The number of hydrogen-bond acceptors (Lipinski definition) is 8. The molecule has 1 aliphatic rings. The highest BCUT2D eigenvalue weighted by atomic mass is 32.2. The lowest BCUT2D eigenvalue weighted by Crippen LogP contribution is -2.48. The van der Waals surface area contributed by atoms with Crippen molar-refractivity contribution in [1.82, 2.24) is 25.5 Å². The fraction of sp³-hybridized carbons (Fsp3) is 0.500. The number of aromatic nitrogens is 4. The predicted octanol–water partition coefficient (Wildman–Crippen LogP) is 1.05. The Hall–Kier alpha value is -2.16. The third-order valence-corrected chi connectivity index (χ3v) is 4.27. The molecular weight excluding hydrogens is 316 g/mol. The number of hydrogen-bond donors (Lipinski definition) is 1. The van der Waals surface area contributed by atoms with Gasteiger partial charge in [0, 0.05) is 38.4 Å². The van der Waals surface area contributed by atoms with Crippen molar-refractivity contribution in [3.05, 3.63) is 24.4 Å². The normalized spacial score (nSPS) is 18.0. The Bertz CT molecular complexity index is 650. The molecule has 1 fully saturated rings. The van der Waals surface area contributed by atoms with E-state index >= 15 is 0 Å². The van der Waals surface area contributed by atoms with Crippen molar-refractivity contribution in [2.45, 2.75) is 31.0 Å². The first-order valence-corrected chi connectivity index (χ1v) is 8.43. The quantitative estimate of drug-likeness (QED) is 0.810. The van der Waals surface area contributed by atoms with Crippen molar-refractivity contribution in [2.75, 3.05) is 23.7 Å². The standard InChI is InChI=1S/C14H18N6O2S/c1-10-18-19-14(22-10)23-9-12(21)17-11-4-2-7-20(8-11)13-15-5-3-6-16-13/h3,5-6,11H,2,4,7-9H2,1H3,(H,17,21). The number of nitrogens with zero attached hydrogens (tertiary/aromatic N) is 5. The van der Waals surface area contributed by atoms with Gasteiger partial charge in [-0.3, -0.25) is 4.79 Å². The average molecular weight is 334 g/mol. The number of piperidine rings is 1. The van der Waals surface area contributed by atoms with E-state index in [-0.39, 0.29) is 17.7 Å². The number of carbonyl (C=O) groups excluding carboxylic acids is 1. The number of carbonyl (C=O) groups is 1. The predicted molar refractivity (Wildman–Crippen MR) is 85.2 cm³/mol. The molecule has 2 aromatic rings. The monoisotopic (exact) mass is 334 g/mol. The third kappa shape index (κ3) is 4.41. The van der Waals surface area contributed by atoms with Crippen LogP contribution in [0.3, 0.4) is 0 Å². The van der Waals surface area contributed by atoms with Crippen LogP contribution in [0.25, 0.3) is 0 Å². The van der Waals surface area contributed by atoms with E-state index in [2.05, 4.69) is 30.4 Å². The smallest absolute Gasteiger partial charge is 0.277 e. The zero-order chi connectivity index (χ0) is 16.1. The molecule has 1 amide bonds. The molecular formula is C14H18N6O2S. The van der Waals surface area contributed by atoms with Gasteiger partial charge < -0.3 is 14.6 Å². The Balaban J connectivity index is 1.48. The van der Waals surface area contributed by atoms with Crippen LogP contribution in [-0.4, -0.2) is 51.0 Å². The zero-order valence-corrected chi connectivity index (χ0v) is 13.6. The van der Waals surface area contributed by atoms with Gasteiger partial charge in [0.25, 0.3) is 5.22 Å². The van der Waals surface area contributed by atoms with E-state index in [4.69, 9.17) is 4.42 Å². The topological polar surface area (TPSA) is 97.0 Å². The van der Waals surface area contributed by atoms with Crippen LogP contribution in [0.2, 0.25) is 0 Å². The summed E-state index contributed by atoms with van der Waals surface area (Å²) in [5, 5.41) is 11.1. The third-order valence-electron chi connectivity index (χ3n) is 3.46. The summed E-state index contributed by atoms with van der Waals surface area (Å²) in [5.41, 5.74) is 0. The molecule has 1 N–H and O–H groups in total. The van der Waals surface area contributed by atoms with Gasteiger partial charge in [-0.1, -0.05) is 11.8 Å². The van der Waals surface area contributed by atoms with E-state index in [0.29, 0.717) is 17.1 Å². The molecule has 1 unspecified atom stereocenters. The van der Waals surface area contributed by atoms with Gasteiger partial charge in [-0.15, -0.1) is 10.2 Å². The summed E-state index contributed by atoms with van der Waals surface area (Å²) in [6.45, 7) is 3.35. The Morgan fingerprint density at radius 3 is 3.00 bits per heavy atom. The molecule has 23 heavy (non-hydrogen) atoms. The maximum Gasteiger partial charge on any atom is 0.277 e. The number of thioether (sulfide) groups is 1. The van der Waals surface area contributed by atoms with Gasteiger partial charge in [-0.2, -0.15) is 0 Å². The fourth-order valence-corrected chi connectivity index (χ4v) is 3.08. The molecule has 0 aliphatic carbocycles. The van der Waals surface area contributed by atoms with Gasteiger partial charge in [-0.05, 0) is 18.9 Å². The average Bonchev–Trinajstić information content (AvgIpc) is 3.00. The van der Waals surface area contributed by atoms with Crippen LogP contribution in [0.15, 0.2) is 28.1 Å². The van der Waals surface area contributed by atoms with Crippen molar-refractivity contribution in [1.29, 1.82) is 0 Å². The second-order valence-electron chi connectivity index (χ2n) is 5.28. The zero-order valence-electron chi connectivity index (χ0n) is 12.8. The molecule has 0 bridgehead atoms. The summed E-state index contributed by atoms with van der Waals surface area (Å²) in [5.74, 6) is 1.44. The van der Waals surface area contributed by atoms with E-state index in [1.807, 2.05) is 0 Å². The first-order chi connectivity index (χ1) is 11.2. The minimum Gasteiger partial charge on any atom is -0.416 e. The molecule has 8 nitrogen and oxygen atoms in total. The van der Waals surface area contributed by atoms with E-state index in [9.17, 15) is 4.79 Å². The number of nitrogens with one attached hydrogen (secondary N) is 1. The highest BCUT2D eigenvalue weighted by Crippen LogP contribution is 2.17. The molecule has 1 aliphatic heterocycles. The largest absolute Gasteiger partial charge is 0.416 e. The molecule has 1 atom stereocenters. The number of amides is 1. The molecule has 2 aromatic heterocycles. The minimum atomic E-state index is -0.0355. The summed E-state index contributed by atoms with van der Waals surface area (Å²) in [6.07, 6.45) is 5.42. The maximum atomic E-state index is 12.1. The van der Waals surface area contributed by atoms with Crippen LogP contribution < -0.4 is 10.2 Å². The van der Waals surface area contributed by atoms with Gasteiger partial charge in [0.2, 0.25) is 17.7 Å². The Morgan fingerprint density at radius 1 is 1.43 bits per heavy atom.